The number of hydrogen-bond acceptors (Lipinski definition) is 2. The van der Waals surface area contributed by atoms with Crippen LogP contribution in [-0.4, -0.2) is 23.9 Å². The fraction of sp³-hybridized carbons (Fsp3) is 0.846. The molecule has 1 rings (SSSR count). The van der Waals surface area contributed by atoms with Crippen LogP contribution in [0.1, 0.15) is 47.0 Å². The van der Waals surface area contributed by atoms with Crippen LogP contribution in [0.5, 0.6) is 0 Å². The molecule has 4 heteroatoms. The van der Waals surface area contributed by atoms with Crippen molar-refractivity contribution >= 4 is 11.8 Å². The van der Waals surface area contributed by atoms with Gasteiger partial charge in [-0.2, -0.15) is 0 Å². The lowest BCUT2D eigenvalue weighted by molar-refractivity contribution is -0.128. The standard InChI is InChI=1S/C13H24N2O2/c1-5-6-7-14-11(16)9-8-10(9)12(17)15-13(2,3)4/h9-10H,5-8H2,1-4H3,(H,14,16)(H,15,17). The average Bonchev–Trinajstić information content (AvgIpc) is 2.94. The zero-order valence-corrected chi connectivity index (χ0v) is 11.3. The Labute approximate surface area is 104 Å². The minimum Gasteiger partial charge on any atom is -0.356 e. The second-order valence-electron chi connectivity index (χ2n) is 5.83. The molecule has 0 aromatic carbocycles. The molecular weight excluding hydrogens is 216 g/mol. The van der Waals surface area contributed by atoms with E-state index < -0.39 is 0 Å². The van der Waals surface area contributed by atoms with E-state index in [0.717, 1.165) is 19.4 Å². The molecule has 0 spiro atoms. The summed E-state index contributed by atoms with van der Waals surface area (Å²) in [5.74, 6) is -0.175. The monoisotopic (exact) mass is 240 g/mol. The first-order valence-electron chi connectivity index (χ1n) is 6.45. The van der Waals surface area contributed by atoms with Gasteiger partial charge in [-0.05, 0) is 33.6 Å². The van der Waals surface area contributed by atoms with Crippen molar-refractivity contribution in [3.8, 4) is 0 Å². The summed E-state index contributed by atoms with van der Waals surface area (Å²) in [4.78, 5) is 23.4. The van der Waals surface area contributed by atoms with Gasteiger partial charge in [0.05, 0.1) is 11.8 Å². The molecule has 1 saturated carbocycles. The number of unbranched alkanes of at least 4 members (excludes halogenated alkanes) is 1. The summed E-state index contributed by atoms with van der Waals surface area (Å²) < 4.78 is 0. The normalized spacial score (nSPS) is 23.1. The molecule has 1 fully saturated rings. The molecule has 98 valence electrons. The molecule has 0 radical (unpaired) electrons. The summed E-state index contributed by atoms with van der Waals surface area (Å²) in [6.07, 6.45) is 2.76. The fourth-order valence-corrected chi connectivity index (χ4v) is 1.76. The van der Waals surface area contributed by atoms with Gasteiger partial charge in [0.15, 0.2) is 0 Å². The summed E-state index contributed by atoms with van der Waals surface area (Å²) in [5.41, 5.74) is -0.219. The molecule has 2 amide bonds. The molecule has 4 nitrogen and oxygen atoms in total. The van der Waals surface area contributed by atoms with Gasteiger partial charge in [0.2, 0.25) is 11.8 Å². The summed E-state index contributed by atoms with van der Waals surface area (Å²) in [6, 6.07) is 0. The molecule has 0 saturated heterocycles. The molecule has 0 heterocycles. The lowest BCUT2D eigenvalue weighted by Crippen LogP contribution is -2.42. The highest BCUT2D eigenvalue weighted by atomic mass is 16.2. The second kappa shape index (κ2) is 5.52. The third-order valence-corrected chi connectivity index (χ3v) is 2.79. The second-order valence-corrected chi connectivity index (χ2v) is 5.83. The molecule has 1 aliphatic rings. The van der Waals surface area contributed by atoms with E-state index >= 15 is 0 Å². The highest BCUT2D eigenvalue weighted by Crippen LogP contribution is 2.39. The topological polar surface area (TPSA) is 58.2 Å². The molecule has 1 aliphatic carbocycles. The van der Waals surface area contributed by atoms with Gasteiger partial charge in [-0.3, -0.25) is 9.59 Å². The van der Waals surface area contributed by atoms with E-state index in [1.54, 1.807) is 0 Å². The SMILES string of the molecule is CCCCNC(=O)C1CC1C(=O)NC(C)(C)C. The van der Waals surface area contributed by atoms with Crippen molar-refractivity contribution in [1.29, 1.82) is 0 Å². The minimum atomic E-state index is -0.219. The van der Waals surface area contributed by atoms with Crippen molar-refractivity contribution in [2.45, 2.75) is 52.5 Å². The van der Waals surface area contributed by atoms with Gasteiger partial charge in [0, 0.05) is 12.1 Å². The lowest BCUT2D eigenvalue weighted by atomic mass is 10.1. The van der Waals surface area contributed by atoms with Crippen LogP contribution in [-0.2, 0) is 9.59 Å². The average molecular weight is 240 g/mol. The Hall–Kier alpha value is -1.06. The smallest absolute Gasteiger partial charge is 0.224 e. The van der Waals surface area contributed by atoms with Crippen LogP contribution < -0.4 is 10.6 Å². The lowest BCUT2D eigenvalue weighted by Gasteiger charge is -2.20. The molecule has 0 bridgehead atoms. The molecular formula is C13H24N2O2. The summed E-state index contributed by atoms with van der Waals surface area (Å²) in [7, 11) is 0. The van der Waals surface area contributed by atoms with Gasteiger partial charge in [-0.25, -0.2) is 0 Å². The molecule has 0 aromatic heterocycles. The molecule has 17 heavy (non-hydrogen) atoms. The van der Waals surface area contributed by atoms with Crippen molar-refractivity contribution in [3.63, 3.8) is 0 Å². The van der Waals surface area contributed by atoms with Crippen molar-refractivity contribution in [3.05, 3.63) is 0 Å². The number of amides is 2. The fourth-order valence-electron chi connectivity index (χ4n) is 1.76. The zero-order chi connectivity index (χ0) is 13.1. The molecule has 0 aliphatic heterocycles. The van der Waals surface area contributed by atoms with E-state index in [2.05, 4.69) is 17.6 Å². The zero-order valence-electron chi connectivity index (χ0n) is 11.3. The van der Waals surface area contributed by atoms with E-state index in [0.29, 0.717) is 6.42 Å². The number of nitrogens with one attached hydrogen (secondary N) is 2. The van der Waals surface area contributed by atoms with Crippen molar-refractivity contribution < 1.29 is 9.59 Å². The maximum absolute atomic E-state index is 11.8. The first-order chi connectivity index (χ1) is 7.85. The van der Waals surface area contributed by atoms with E-state index in [9.17, 15) is 9.59 Å². The highest BCUT2D eigenvalue weighted by molar-refractivity contribution is 5.92. The van der Waals surface area contributed by atoms with Gasteiger partial charge in [0.25, 0.3) is 0 Å². The van der Waals surface area contributed by atoms with Crippen LogP contribution in [0.3, 0.4) is 0 Å². The van der Waals surface area contributed by atoms with E-state index in [1.165, 1.54) is 0 Å². The minimum absolute atomic E-state index is 0.00754. The van der Waals surface area contributed by atoms with Crippen LogP contribution in [0.25, 0.3) is 0 Å². The van der Waals surface area contributed by atoms with Crippen LogP contribution in [0.2, 0.25) is 0 Å². The van der Waals surface area contributed by atoms with Gasteiger partial charge in [-0.15, -0.1) is 0 Å². The Morgan fingerprint density at radius 1 is 1.18 bits per heavy atom. The molecule has 0 aromatic rings. The Kier molecular flexibility index (Phi) is 4.54. The van der Waals surface area contributed by atoms with E-state index in [-0.39, 0.29) is 29.2 Å². The molecule has 2 unspecified atom stereocenters. The highest BCUT2D eigenvalue weighted by Gasteiger charge is 2.48. The van der Waals surface area contributed by atoms with Crippen molar-refractivity contribution in [2.24, 2.45) is 11.8 Å². The predicted octanol–water partition coefficient (Wildman–Crippen LogP) is 1.45. The number of rotatable bonds is 5. The largest absolute Gasteiger partial charge is 0.356 e. The Morgan fingerprint density at radius 3 is 2.29 bits per heavy atom. The summed E-state index contributed by atoms with van der Waals surface area (Å²) >= 11 is 0. The first kappa shape index (κ1) is 14.0. The van der Waals surface area contributed by atoms with Crippen LogP contribution in [0.4, 0.5) is 0 Å². The quantitative estimate of drug-likeness (QED) is 0.715. The first-order valence-corrected chi connectivity index (χ1v) is 6.45. The van der Waals surface area contributed by atoms with Gasteiger partial charge >= 0.3 is 0 Å². The maximum Gasteiger partial charge on any atom is 0.224 e. The third-order valence-electron chi connectivity index (χ3n) is 2.79. The van der Waals surface area contributed by atoms with Crippen molar-refractivity contribution in [1.82, 2.24) is 10.6 Å². The van der Waals surface area contributed by atoms with Gasteiger partial charge in [0.1, 0.15) is 0 Å². The number of hydrogen-bond donors (Lipinski definition) is 2. The van der Waals surface area contributed by atoms with Crippen molar-refractivity contribution in [2.75, 3.05) is 6.54 Å². The summed E-state index contributed by atoms with van der Waals surface area (Å²) in [6.45, 7) is 8.65. The third kappa shape index (κ3) is 4.75. The number of carbonyl (C=O) groups is 2. The Balaban J connectivity index is 2.28. The van der Waals surface area contributed by atoms with E-state index in [1.807, 2.05) is 20.8 Å². The predicted molar refractivity (Wildman–Crippen MR) is 67.4 cm³/mol. The number of carbonyl (C=O) groups excluding carboxylic acids is 2. The van der Waals surface area contributed by atoms with Gasteiger partial charge in [-0.1, -0.05) is 13.3 Å². The van der Waals surface area contributed by atoms with E-state index in [4.69, 9.17) is 0 Å². The van der Waals surface area contributed by atoms with Crippen LogP contribution in [0, 0.1) is 11.8 Å². The molecule has 2 atom stereocenters. The summed E-state index contributed by atoms with van der Waals surface area (Å²) in [5, 5.41) is 5.79. The van der Waals surface area contributed by atoms with Gasteiger partial charge < -0.3 is 10.6 Å². The van der Waals surface area contributed by atoms with Crippen LogP contribution in [0.15, 0.2) is 0 Å². The maximum atomic E-state index is 11.8. The molecule has 2 N–H and O–H groups in total. The Morgan fingerprint density at radius 2 is 1.76 bits per heavy atom. The van der Waals surface area contributed by atoms with Crippen LogP contribution >= 0.6 is 0 Å². The Bertz CT molecular complexity index is 294.